The summed E-state index contributed by atoms with van der Waals surface area (Å²) in [5.41, 5.74) is 2.04. The van der Waals surface area contributed by atoms with Crippen LogP contribution in [0.3, 0.4) is 0 Å². The third-order valence-electron chi connectivity index (χ3n) is 2.97. The van der Waals surface area contributed by atoms with Crippen molar-refractivity contribution in [3.05, 3.63) is 59.9 Å². The van der Waals surface area contributed by atoms with Crippen molar-refractivity contribution in [3.63, 3.8) is 0 Å². The molecule has 1 aromatic carbocycles. The lowest BCUT2D eigenvalue weighted by molar-refractivity contribution is -0.143. The van der Waals surface area contributed by atoms with Crippen molar-refractivity contribution in [2.45, 2.75) is 12.6 Å². The van der Waals surface area contributed by atoms with Gasteiger partial charge in [-0.3, -0.25) is 5.32 Å². The van der Waals surface area contributed by atoms with E-state index in [-0.39, 0.29) is 5.97 Å². The van der Waals surface area contributed by atoms with Crippen molar-refractivity contribution in [2.24, 2.45) is 7.05 Å². The molecule has 1 unspecified atom stereocenters. The molecule has 2 rings (SSSR count). The second-order valence-corrected chi connectivity index (χ2v) is 4.43. The number of carbonyl (C=O) groups excluding carboxylic acids is 1. The van der Waals surface area contributed by atoms with Gasteiger partial charge in [0.25, 0.3) is 0 Å². The molecule has 0 radical (unpaired) electrons. The number of methoxy groups -OCH3 is 1. The Morgan fingerprint density at radius 2 is 2.05 bits per heavy atom. The van der Waals surface area contributed by atoms with Crippen molar-refractivity contribution >= 4 is 5.97 Å². The standard InChI is InChI=1S/C15H18N2O2/c1-17-9-8-12(11-17)10-16-14(15(18)19-2)13-6-4-3-5-7-13/h3-9,11,14,16H,10H2,1-2H3. The number of esters is 1. The molecule has 1 aromatic heterocycles. The van der Waals surface area contributed by atoms with Crippen molar-refractivity contribution < 1.29 is 9.53 Å². The summed E-state index contributed by atoms with van der Waals surface area (Å²) in [7, 11) is 3.38. The van der Waals surface area contributed by atoms with E-state index in [0.29, 0.717) is 6.54 Å². The molecule has 0 aliphatic heterocycles. The topological polar surface area (TPSA) is 43.3 Å². The Hall–Kier alpha value is -2.07. The van der Waals surface area contributed by atoms with Gasteiger partial charge in [0, 0.05) is 26.0 Å². The second kappa shape index (κ2) is 6.20. The van der Waals surface area contributed by atoms with Crippen LogP contribution in [0.15, 0.2) is 48.8 Å². The van der Waals surface area contributed by atoms with Crippen molar-refractivity contribution in [3.8, 4) is 0 Å². The van der Waals surface area contributed by atoms with Crippen LogP contribution in [0.5, 0.6) is 0 Å². The van der Waals surface area contributed by atoms with Crippen molar-refractivity contribution in [1.82, 2.24) is 9.88 Å². The minimum absolute atomic E-state index is 0.276. The quantitative estimate of drug-likeness (QED) is 0.834. The van der Waals surface area contributed by atoms with Gasteiger partial charge in [0.05, 0.1) is 7.11 Å². The van der Waals surface area contributed by atoms with E-state index in [0.717, 1.165) is 11.1 Å². The van der Waals surface area contributed by atoms with E-state index in [1.165, 1.54) is 7.11 Å². The highest BCUT2D eigenvalue weighted by Crippen LogP contribution is 2.15. The Labute approximate surface area is 113 Å². The van der Waals surface area contributed by atoms with Crippen LogP contribution in [-0.4, -0.2) is 17.6 Å². The Balaban J connectivity index is 2.09. The highest BCUT2D eigenvalue weighted by atomic mass is 16.5. The number of rotatable bonds is 5. The Morgan fingerprint density at radius 1 is 1.32 bits per heavy atom. The van der Waals surface area contributed by atoms with Gasteiger partial charge in [-0.25, -0.2) is 4.79 Å². The monoisotopic (exact) mass is 258 g/mol. The lowest BCUT2D eigenvalue weighted by Crippen LogP contribution is -2.29. The first kappa shape index (κ1) is 13.4. The molecule has 0 saturated heterocycles. The molecule has 0 aliphatic rings. The number of carbonyl (C=O) groups is 1. The Kier molecular flexibility index (Phi) is 4.36. The highest BCUT2D eigenvalue weighted by molar-refractivity contribution is 5.77. The summed E-state index contributed by atoms with van der Waals surface area (Å²) in [6, 6.07) is 11.2. The van der Waals surface area contributed by atoms with Crippen LogP contribution in [0.1, 0.15) is 17.2 Å². The molecule has 4 nitrogen and oxygen atoms in total. The van der Waals surface area contributed by atoms with Crippen LogP contribution in [0.4, 0.5) is 0 Å². The first-order valence-electron chi connectivity index (χ1n) is 6.17. The molecular formula is C15H18N2O2. The molecule has 0 spiro atoms. The number of nitrogens with zero attached hydrogens (tertiary/aromatic N) is 1. The van der Waals surface area contributed by atoms with Crippen LogP contribution in [0.25, 0.3) is 0 Å². The zero-order valence-corrected chi connectivity index (χ0v) is 11.2. The maximum atomic E-state index is 11.8. The van der Waals surface area contributed by atoms with E-state index in [2.05, 4.69) is 5.32 Å². The third-order valence-corrected chi connectivity index (χ3v) is 2.97. The minimum Gasteiger partial charge on any atom is -0.468 e. The summed E-state index contributed by atoms with van der Waals surface area (Å²) < 4.78 is 6.83. The fourth-order valence-corrected chi connectivity index (χ4v) is 1.99. The van der Waals surface area contributed by atoms with E-state index in [9.17, 15) is 4.79 Å². The number of aromatic nitrogens is 1. The zero-order chi connectivity index (χ0) is 13.7. The predicted molar refractivity (Wildman–Crippen MR) is 73.5 cm³/mol. The molecule has 0 amide bonds. The smallest absolute Gasteiger partial charge is 0.327 e. The summed E-state index contributed by atoms with van der Waals surface area (Å²) in [5, 5.41) is 3.23. The highest BCUT2D eigenvalue weighted by Gasteiger charge is 2.20. The second-order valence-electron chi connectivity index (χ2n) is 4.43. The van der Waals surface area contributed by atoms with Gasteiger partial charge in [-0.15, -0.1) is 0 Å². The van der Waals surface area contributed by atoms with E-state index in [4.69, 9.17) is 4.74 Å². The van der Waals surface area contributed by atoms with Crippen LogP contribution >= 0.6 is 0 Å². The van der Waals surface area contributed by atoms with E-state index in [1.54, 1.807) is 0 Å². The van der Waals surface area contributed by atoms with E-state index >= 15 is 0 Å². The molecule has 0 aliphatic carbocycles. The zero-order valence-electron chi connectivity index (χ0n) is 11.2. The van der Waals surface area contributed by atoms with E-state index in [1.807, 2.05) is 60.4 Å². The van der Waals surface area contributed by atoms with Crippen molar-refractivity contribution in [2.75, 3.05) is 7.11 Å². The summed E-state index contributed by atoms with van der Waals surface area (Å²) in [4.78, 5) is 11.8. The molecule has 4 heteroatoms. The van der Waals surface area contributed by atoms with Gasteiger partial charge in [-0.1, -0.05) is 30.3 Å². The molecule has 2 aromatic rings. The number of hydrogen-bond acceptors (Lipinski definition) is 3. The normalized spacial score (nSPS) is 12.1. The molecule has 0 fully saturated rings. The first-order valence-corrected chi connectivity index (χ1v) is 6.17. The SMILES string of the molecule is COC(=O)C(NCc1ccn(C)c1)c1ccccc1. The predicted octanol–water partition coefficient (Wildman–Crippen LogP) is 2.03. The molecule has 100 valence electrons. The molecule has 1 heterocycles. The molecular weight excluding hydrogens is 240 g/mol. The van der Waals surface area contributed by atoms with Crippen molar-refractivity contribution in [1.29, 1.82) is 0 Å². The lowest BCUT2D eigenvalue weighted by Gasteiger charge is -2.16. The van der Waals surface area contributed by atoms with Crippen LogP contribution in [0, 0.1) is 0 Å². The fourth-order valence-electron chi connectivity index (χ4n) is 1.99. The number of ether oxygens (including phenoxy) is 1. The largest absolute Gasteiger partial charge is 0.468 e. The molecule has 1 N–H and O–H groups in total. The maximum Gasteiger partial charge on any atom is 0.327 e. The average Bonchev–Trinajstić information content (AvgIpc) is 2.85. The van der Waals surface area contributed by atoms with E-state index < -0.39 is 6.04 Å². The Bertz CT molecular complexity index is 534. The van der Waals surface area contributed by atoms with Gasteiger partial charge < -0.3 is 9.30 Å². The number of benzene rings is 1. The van der Waals surface area contributed by atoms with Gasteiger partial charge in [-0.2, -0.15) is 0 Å². The summed E-state index contributed by atoms with van der Waals surface area (Å²) >= 11 is 0. The Morgan fingerprint density at radius 3 is 2.63 bits per heavy atom. The lowest BCUT2D eigenvalue weighted by atomic mass is 10.1. The van der Waals surface area contributed by atoms with Gasteiger partial charge in [-0.05, 0) is 17.2 Å². The molecule has 19 heavy (non-hydrogen) atoms. The average molecular weight is 258 g/mol. The fraction of sp³-hybridized carbons (Fsp3) is 0.267. The number of hydrogen-bond donors (Lipinski definition) is 1. The number of aryl methyl sites for hydroxylation is 1. The van der Waals surface area contributed by atoms with Gasteiger partial charge in [0.1, 0.15) is 6.04 Å². The maximum absolute atomic E-state index is 11.8. The molecule has 0 saturated carbocycles. The first-order chi connectivity index (χ1) is 9.20. The minimum atomic E-state index is -0.439. The van der Waals surface area contributed by atoms with Gasteiger partial charge in [0.2, 0.25) is 0 Å². The van der Waals surface area contributed by atoms with Gasteiger partial charge in [0.15, 0.2) is 0 Å². The third kappa shape index (κ3) is 3.45. The van der Waals surface area contributed by atoms with Crippen LogP contribution in [-0.2, 0) is 23.1 Å². The van der Waals surface area contributed by atoms with Crippen LogP contribution in [0.2, 0.25) is 0 Å². The number of nitrogens with one attached hydrogen (secondary N) is 1. The molecule has 0 bridgehead atoms. The molecule has 1 atom stereocenters. The summed E-state index contributed by atoms with van der Waals surface area (Å²) in [6.45, 7) is 0.621. The summed E-state index contributed by atoms with van der Waals surface area (Å²) in [6.07, 6.45) is 4.00. The van der Waals surface area contributed by atoms with Crippen LogP contribution < -0.4 is 5.32 Å². The summed E-state index contributed by atoms with van der Waals surface area (Å²) in [5.74, 6) is -0.276. The van der Waals surface area contributed by atoms with Gasteiger partial charge >= 0.3 is 5.97 Å².